The summed E-state index contributed by atoms with van der Waals surface area (Å²) in [5.74, 6) is 0. The van der Waals surface area contributed by atoms with Crippen LogP contribution in [0.15, 0.2) is 30.3 Å². The predicted molar refractivity (Wildman–Crippen MR) is 111 cm³/mol. The van der Waals surface area contributed by atoms with E-state index < -0.39 is 0 Å². The van der Waals surface area contributed by atoms with Crippen LogP contribution in [0.25, 0.3) is 10.9 Å². The van der Waals surface area contributed by atoms with Crippen LogP contribution in [-0.2, 0) is 19.5 Å². The molecule has 0 unspecified atom stereocenters. The molecular formula is C22H29N5. The molecule has 1 aliphatic heterocycles. The first kappa shape index (κ1) is 18.0. The maximum atomic E-state index is 5.61. The van der Waals surface area contributed by atoms with Gasteiger partial charge in [0.15, 0.2) is 0 Å². The summed E-state index contributed by atoms with van der Waals surface area (Å²) in [6, 6.07) is 10.7. The van der Waals surface area contributed by atoms with Crippen molar-refractivity contribution in [3.63, 3.8) is 0 Å². The van der Waals surface area contributed by atoms with Crippen molar-refractivity contribution in [2.24, 2.45) is 5.73 Å². The Morgan fingerprint density at radius 2 is 1.96 bits per heavy atom. The van der Waals surface area contributed by atoms with Crippen molar-refractivity contribution in [1.29, 1.82) is 0 Å². The van der Waals surface area contributed by atoms with Crippen molar-refractivity contribution in [1.82, 2.24) is 14.8 Å². The van der Waals surface area contributed by atoms with Gasteiger partial charge in [0, 0.05) is 54.1 Å². The first-order valence-electron chi connectivity index (χ1n) is 10.0. The van der Waals surface area contributed by atoms with Crippen LogP contribution >= 0.6 is 0 Å². The number of nitrogens with two attached hydrogens (primary N) is 1. The lowest BCUT2D eigenvalue weighted by atomic mass is 10.0. The molecule has 1 aliphatic rings. The van der Waals surface area contributed by atoms with Crippen molar-refractivity contribution in [3.8, 4) is 0 Å². The number of unbranched alkanes of at least 4 members (excludes halogenated alkanes) is 2. The monoisotopic (exact) mass is 363 g/mol. The number of para-hydroxylation sites is 1. The lowest BCUT2D eigenvalue weighted by Crippen LogP contribution is -2.31. The molecule has 0 radical (unpaired) electrons. The van der Waals surface area contributed by atoms with E-state index in [9.17, 15) is 0 Å². The lowest BCUT2D eigenvalue weighted by molar-refractivity contribution is 0.520. The van der Waals surface area contributed by atoms with Gasteiger partial charge < -0.3 is 10.6 Å². The Hall–Kier alpha value is -2.40. The van der Waals surface area contributed by atoms with Crippen LogP contribution in [-0.4, -0.2) is 27.9 Å². The summed E-state index contributed by atoms with van der Waals surface area (Å²) >= 11 is 0. The molecule has 1 aromatic carbocycles. The highest BCUT2D eigenvalue weighted by atomic mass is 15.3. The third kappa shape index (κ3) is 3.56. The summed E-state index contributed by atoms with van der Waals surface area (Å²) in [7, 11) is 0. The highest BCUT2D eigenvalue weighted by molar-refractivity contribution is 5.92. The van der Waals surface area contributed by atoms with E-state index in [4.69, 9.17) is 15.8 Å². The van der Waals surface area contributed by atoms with Gasteiger partial charge in [0.05, 0.1) is 11.2 Å². The van der Waals surface area contributed by atoms with Gasteiger partial charge in [-0.25, -0.2) is 0 Å². The standard InChI is InChI=1S/C22H29N5/c1-16-14-22(18-8-4-5-9-20(18)24-16)26-13-10-21-19(15-26)17(2)25-27(21)12-7-3-6-11-23/h4-5,8-9,14H,3,6-7,10-13,15,23H2,1-2H3. The molecular weight excluding hydrogens is 334 g/mol. The SMILES string of the molecule is Cc1cc(N2CCc3c(c(C)nn3CCCCCN)C2)c2ccccc2n1. The normalized spacial score (nSPS) is 14.0. The third-order valence-electron chi connectivity index (χ3n) is 5.57. The zero-order valence-electron chi connectivity index (χ0n) is 16.4. The summed E-state index contributed by atoms with van der Waals surface area (Å²) in [5.41, 5.74) is 13.0. The molecule has 0 bridgehead atoms. The van der Waals surface area contributed by atoms with Crippen molar-refractivity contribution in [3.05, 3.63) is 53.0 Å². The number of fused-ring (bicyclic) bond motifs is 2. The lowest BCUT2D eigenvalue weighted by Gasteiger charge is -2.31. The van der Waals surface area contributed by atoms with Crippen LogP contribution in [0, 0.1) is 13.8 Å². The van der Waals surface area contributed by atoms with Crippen LogP contribution in [0.5, 0.6) is 0 Å². The zero-order chi connectivity index (χ0) is 18.8. The number of rotatable bonds is 6. The number of aromatic nitrogens is 3. The van der Waals surface area contributed by atoms with E-state index >= 15 is 0 Å². The molecule has 0 spiro atoms. The number of anilines is 1. The Balaban J connectivity index is 1.60. The van der Waals surface area contributed by atoms with E-state index in [1.165, 1.54) is 34.4 Å². The van der Waals surface area contributed by atoms with Crippen molar-refractivity contribution in [2.45, 2.75) is 52.6 Å². The summed E-state index contributed by atoms with van der Waals surface area (Å²) in [4.78, 5) is 7.19. The van der Waals surface area contributed by atoms with Crippen LogP contribution in [0.4, 0.5) is 5.69 Å². The quantitative estimate of drug-likeness (QED) is 0.678. The molecule has 3 heterocycles. The van der Waals surface area contributed by atoms with Gasteiger partial charge in [-0.3, -0.25) is 9.67 Å². The average Bonchev–Trinajstić information content (AvgIpc) is 3.00. The molecule has 142 valence electrons. The van der Waals surface area contributed by atoms with E-state index in [1.54, 1.807) is 0 Å². The minimum atomic E-state index is 0.782. The summed E-state index contributed by atoms with van der Waals surface area (Å²) in [6.45, 7) is 7.97. The fraction of sp³-hybridized carbons (Fsp3) is 0.455. The fourth-order valence-corrected chi connectivity index (χ4v) is 4.18. The molecule has 5 nitrogen and oxygen atoms in total. The minimum Gasteiger partial charge on any atom is -0.366 e. The van der Waals surface area contributed by atoms with Gasteiger partial charge in [0.2, 0.25) is 0 Å². The largest absolute Gasteiger partial charge is 0.366 e. The smallest absolute Gasteiger partial charge is 0.0726 e. The second-order valence-corrected chi connectivity index (χ2v) is 7.55. The molecule has 0 amide bonds. The summed E-state index contributed by atoms with van der Waals surface area (Å²) < 4.78 is 2.24. The number of aryl methyl sites for hydroxylation is 3. The Bertz CT molecular complexity index is 943. The number of hydrogen-bond donors (Lipinski definition) is 1. The summed E-state index contributed by atoms with van der Waals surface area (Å²) in [6.07, 6.45) is 4.48. The predicted octanol–water partition coefficient (Wildman–Crippen LogP) is 3.74. The molecule has 0 saturated carbocycles. The average molecular weight is 364 g/mol. The molecule has 27 heavy (non-hydrogen) atoms. The molecule has 5 heteroatoms. The van der Waals surface area contributed by atoms with Crippen molar-refractivity contribution in [2.75, 3.05) is 18.0 Å². The van der Waals surface area contributed by atoms with Gasteiger partial charge >= 0.3 is 0 Å². The van der Waals surface area contributed by atoms with Crippen LogP contribution < -0.4 is 10.6 Å². The van der Waals surface area contributed by atoms with Gasteiger partial charge in [0.25, 0.3) is 0 Å². The molecule has 0 saturated heterocycles. The second kappa shape index (κ2) is 7.69. The van der Waals surface area contributed by atoms with Crippen LogP contribution in [0.3, 0.4) is 0 Å². The number of benzene rings is 1. The van der Waals surface area contributed by atoms with Gasteiger partial charge in [-0.1, -0.05) is 24.6 Å². The van der Waals surface area contributed by atoms with Gasteiger partial charge in [-0.05, 0) is 45.4 Å². The van der Waals surface area contributed by atoms with Crippen molar-refractivity contribution < 1.29 is 0 Å². The molecule has 0 fully saturated rings. The number of pyridine rings is 1. The fourth-order valence-electron chi connectivity index (χ4n) is 4.18. The minimum absolute atomic E-state index is 0.782. The Kier molecular flexibility index (Phi) is 5.12. The molecule has 0 aliphatic carbocycles. The molecule has 2 aromatic heterocycles. The third-order valence-corrected chi connectivity index (χ3v) is 5.57. The Labute approximate surface area is 161 Å². The van der Waals surface area contributed by atoms with E-state index in [-0.39, 0.29) is 0 Å². The van der Waals surface area contributed by atoms with Gasteiger partial charge in [-0.15, -0.1) is 0 Å². The molecule has 0 atom stereocenters. The number of hydrogen-bond acceptors (Lipinski definition) is 4. The van der Waals surface area contributed by atoms with E-state index in [2.05, 4.69) is 53.8 Å². The molecule has 3 aromatic rings. The first-order chi connectivity index (χ1) is 13.2. The zero-order valence-corrected chi connectivity index (χ0v) is 16.4. The second-order valence-electron chi connectivity index (χ2n) is 7.55. The van der Waals surface area contributed by atoms with Crippen LogP contribution in [0.1, 0.15) is 41.9 Å². The van der Waals surface area contributed by atoms with E-state index in [0.717, 1.165) is 56.7 Å². The van der Waals surface area contributed by atoms with Gasteiger partial charge in [0.1, 0.15) is 0 Å². The maximum absolute atomic E-state index is 5.61. The molecule has 4 rings (SSSR count). The van der Waals surface area contributed by atoms with E-state index in [0.29, 0.717) is 0 Å². The van der Waals surface area contributed by atoms with Gasteiger partial charge in [-0.2, -0.15) is 5.10 Å². The summed E-state index contributed by atoms with van der Waals surface area (Å²) in [5, 5.41) is 6.08. The topological polar surface area (TPSA) is 60.0 Å². The highest BCUT2D eigenvalue weighted by Crippen LogP contribution is 2.32. The first-order valence-corrected chi connectivity index (χ1v) is 10.0. The Morgan fingerprint density at radius 1 is 1.11 bits per heavy atom. The van der Waals surface area contributed by atoms with E-state index in [1.807, 2.05) is 0 Å². The number of nitrogens with zero attached hydrogens (tertiary/aromatic N) is 4. The van der Waals surface area contributed by atoms with Crippen LogP contribution in [0.2, 0.25) is 0 Å². The Morgan fingerprint density at radius 3 is 2.81 bits per heavy atom. The highest BCUT2D eigenvalue weighted by Gasteiger charge is 2.24. The van der Waals surface area contributed by atoms with Crippen molar-refractivity contribution >= 4 is 16.6 Å². The molecule has 2 N–H and O–H groups in total. The maximum Gasteiger partial charge on any atom is 0.0726 e.